The number of likely N-dealkylation sites (tertiary alicyclic amines) is 1. The van der Waals surface area contributed by atoms with E-state index in [-0.39, 0.29) is 17.7 Å². The standard InChI is InChI=1S/C12H19N5O2/c1-2-17-10(9(13)7-15-17)12(19)16-5-3-8(4-6-16)11(14)18/h7-8H,2-6,13H2,1H3,(H2,14,18). The van der Waals surface area contributed by atoms with Gasteiger partial charge in [-0.1, -0.05) is 0 Å². The Hall–Kier alpha value is -2.05. The zero-order valence-corrected chi connectivity index (χ0v) is 11.0. The molecule has 2 rings (SSSR count). The molecular formula is C12H19N5O2. The van der Waals surface area contributed by atoms with Crippen molar-refractivity contribution in [3.63, 3.8) is 0 Å². The van der Waals surface area contributed by atoms with Gasteiger partial charge < -0.3 is 16.4 Å². The van der Waals surface area contributed by atoms with Crippen molar-refractivity contribution in [2.45, 2.75) is 26.3 Å². The molecule has 0 atom stereocenters. The van der Waals surface area contributed by atoms with E-state index in [2.05, 4.69) is 5.10 Å². The maximum absolute atomic E-state index is 12.4. The molecule has 0 saturated carbocycles. The molecule has 2 amide bonds. The van der Waals surface area contributed by atoms with Crippen molar-refractivity contribution >= 4 is 17.5 Å². The van der Waals surface area contributed by atoms with Crippen LogP contribution < -0.4 is 11.5 Å². The molecule has 1 aromatic rings. The topological polar surface area (TPSA) is 107 Å². The monoisotopic (exact) mass is 265 g/mol. The molecule has 1 aromatic heterocycles. The summed E-state index contributed by atoms with van der Waals surface area (Å²) < 4.78 is 1.60. The molecule has 1 aliphatic rings. The lowest BCUT2D eigenvalue weighted by molar-refractivity contribution is -0.123. The highest BCUT2D eigenvalue weighted by Crippen LogP contribution is 2.20. The fraction of sp³-hybridized carbons (Fsp3) is 0.583. The molecule has 1 aliphatic heterocycles. The Labute approximate surface area is 111 Å². The number of nitrogens with two attached hydrogens (primary N) is 2. The summed E-state index contributed by atoms with van der Waals surface area (Å²) in [6.07, 6.45) is 2.72. The Morgan fingerprint density at radius 3 is 2.58 bits per heavy atom. The fourth-order valence-electron chi connectivity index (χ4n) is 2.39. The van der Waals surface area contributed by atoms with E-state index in [1.807, 2.05) is 6.92 Å². The Bertz CT molecular complexity index is 488. The number of aryl methyl sites for hydroxylation is 1. The van der Waals surface area contributed by atoms with Gasteiger partial charge in [0.1, 0.15) is 5.69 Å². The number of hydrogen-bond acceptors (Lipinski definition) is 4. The number of rotatable bonds is 3. The second-order valence-electron chi connectivity index (χ2n) is 4.73. The smallest absolute Gasteiger partial charge is 0.274 e. The average Bonchev–Trinajstić information content (AvgIpc) is 2.79. The predicted octanol–water partition coefficient (Wildman–Crippen LogP) is -0.177. The van der Waals surface area contributed by atoms with Crippen molar-refractivity contribution in [3.05, 3.63) is 11.9 Å². The summed E-state index contributed by atoms with van der Waals surface area (Å²) >= 11 is 0. The van der Waals surface area contributed by atoms with E-state index in [0.29, 0.717) is 43.9 Å². The normalized spacial score (nSPS) is 16.6. The first kappa shape index (κ1) is 13.4. The molecule has 1 saturated heterocycles. The fourth-order valence-corrected chi connectivity index (χ4v) is 2.39. The summed E-state index contributed by atoms with van der Waals surface area (Å²) in [5, 5.41) is 4.06. The first-order valence-electron chi connectivity index (χ1n) is 6.44. The van der Waals surface area contributed by atoms with Gasteiger partial charge in [-0.25, -0.2) is 0 Å². The zero-order chi connectivity index (χ0) is 14.0. The molecule has 0 aromatic carbocycles. The maximum atomic E-state index is 12.4. The first-order valence-corrected chi connectivity index (χ1v) is 6.44. The number of nitrogens with zero attached hydrogens (tertiary/aromatic N) is 3. The van der Waals surface area contributed by atoms with Crippen LogP contribution in [0.4, 0.5) is 5.69 Å². The van der Waals surface area contributed by atoms with Crippen LogP contribution in [0.1, 0.15) is 30.3 Å². The third-order valence-electron chi connectivity index (χ3n) is 3.55. The molecule has 0 unspecified atom stereocenters. The number of amides is 2. The van der Waals surface area contributed by atoms with E-state index in [0.717, 1.165) is 0 Å². The summed E-state index contributed by atoms with van der Waals surface area (Å²) in [5.41, 5.74) is 11.9. The van der Waals surface area contributed by atoms with Crippen molar-refractivity contribution < 1.29 is 9.59 Å². The number of hydrogen-bond donors (Lipinski definition) is 2. The van der Waals surface area contributed by atoms with Crippen molar-refractivity contribution in [1.29, 1.82) is 0 Å². The number of aromatic nitrogens is 2. The first-order chi connectivity index (χ1) is 9.04. The van der Waals surface area contributed by atoms with E-state index in [9.17, 15) is 9.59 Å². The minimum absolute atomic E-state index is 0.125. The molecule has 0 aliphatic carbocycles. The molecule has 104 valence electrons. The lowest BCUT2D eigenvalue weighted by Gasteiger charge is -2.30. The van der Waals surface area contributed by atoms with Crippen LogP contribution >= 0.6 is 0 Å². The molecule has 0 bridgehead atoms. The lowest BCUT2D eigenvalue weighted by atomic mass is 9.96. The van der Waals surface area contributed by atoms with Gasteiger partial charge in [0.25, 0.3) is 5.91 Å². The van der Waals surface area contributed by atoms with Crippen LogP contribution in [0.25, 0.3) is 0 Å². The molecule has 19 heavy (non-hydrogen) atoms. The summed E-state index contributed by atoms with van der Waals surface area (Å²) in [5.74, 6) is -0.539. The van der Waals surface area contributed by atoms with Gasteiger partial charge in [-0.05, 0) is 19.8 Å². The SMILES string of the molecule is CCn1ncc(N)c1C(=O)N1CCC(C(N)=O)CC1. The van der Waals surface area contributed by atoms with Gasteiger partial charge in [-0.15, -0.1) is 0 Å². The lowest BCUT2D eigenvalue weighted by Crippen LogP contribution is -2.42. The van der Waals surface area contributed by atoms with Gasteiger partial charge in [0.05, 0.1) is 11.9 Å². The maximum Gasteiger partial charge on any atom is 0.274 e. The third kappa shape index (κ3) is 2.54. The molecule has 0 radical (unpaired) electrons. The van der Waals surface area contributed by atoms with E-state index in [4.69, 9.17) is 11.5 Å². The van der Waals surface area contributed by atoms with E-state index >= 15 is 0 Å². The molecule has 2 heterocycles. The summed E-state index contributed by atoms with van der Waals surface area (Å²) in [6, 6.07) is 0. The predicted molar refractivity (Wildman–Crippen MR) is 70.1 cm³/mol. The van der Waals surface area contributed by atoms with Crippen LogP contribution in [0, 0.1) is 5.92 Å². The van der Waals surface area contributed by atoms with Gasteiger partial charge in [0.15, 0.2) is 0 Å². The van der Waals surface area contributed by atoms with Crippen LogP contribution in [0.3, 0.4) is 0 Å². The van der Waals surface area contributed by atoms with Gasteiger partial charge in [0.2, 0.25) is 5.91 Å². The number of anilines is 1. The molecule has 0 spiro atoms. The highest BCUT2D eigenvalue weighted by molar-refractivity contribution is 5.97. The van der Waals surface area contributed by atoms with Crippen molar-refractivity contribution in [2.24, 2.45) is 11.7 Å². The summed E-state index contributed by atoms with van der Waals surface area (Å²) in [4.78, 5) is 25.2. The average molecular weight is 265 g/mol. The van der Waals surface area contributed by atoms with Crippen molar-refractivity contribution in [1.82, 2.24) is 14.7 Å². The second-order valence-corrected chi connectivity index (χ2v) is 4.73. The van der Waals surface area contributed by atoms with E-state index in [1.54, 1.807) is 9.58 Å². The third-order valence-corrected chi connectivity index (χ3v) is 3.55. The van der Waals surface area contributed by atoms with Gasteiger partial charge in [-0.2, -0.15) is 5.10 Å². The minimum Gasteiger partial charge on any atom is -0.396 e. The highest BCUT2D eigenvalue weighted by Gasteiger charge is 2.28. The summed E-state index contributed by atoms with van der Waals surface area (Å²) in [7, 11) is 0. The second kappa shape index (κ2) is 5.29. The van der Waals surface area contributed by atoms with E-state index in [1.165, 1.54) is 6.20 Å². The highest BCUT2D eigenvalue weighted by atomic mass is 16.2. The largest absolute Gasteiger partial charge is 0.396 e. The van der Waals surface area contributed by atoms with Crippen molar-refractivity contribution in [3.8, 4) is 0 Å². The van der Waals surface area contributed by atoms with E-state index < -0.39 is 0 Å². The Morgan fingerprint density at radius 1 is 1.42 bits per heavy atom. The number of primary amides is 1. The van der Waals surface area contributed by atoms with Crippen LogP contribution in [0.5, 0.6) is 0 Å². The minimum atomic E-state index is -0.287. The van der Waals surface area contributed by atoms with Crippen molar-refractivity contribution in [2.75, 3.05) is 18.8 Å². The van der Waals surface area contributed by atoms with Gasteiger partial charge >= 0.3 is 0 Å². The number of nitrogen functional groups attached to an aromatic ring is 1. The Kier molecular flexibility index (Phi) is 3.73. The Morgan fingerprint density at radius 2 is 2.05 bits per heavy atom. The molecule has 7 heteroatoms. The number of carbonyl (C=O) groups excluding carboxylic acids is 2. The summed E-state index contributed by atoms with van der Waals surface area (Å²) in [6.45, 7) is 3.56. The van der Waals surface area contributed by atoms with Gasteiger partial charge in [0, 0.05) is 25.6 Å². The molecule has 4 N–H and O–H groups in total. The number of piperidine rings is 1. The quantitative estimate of drug-likeness (QED) is 0.790. The molecular weight excluding hydrogens is 246 g/mol. The van der Waals surface area contributed by atoms with Gasteiger partial charge in [-0.3, -0.25) is 14.3 Å². The van der Waals surface area contributed by atoms with Crippen LogP contribution in [0.2, 0.25) is 0 Å². The zero-order valence-electron chi connectivity index (χ0n) is 11.0. The number of carbonyl (C=O) groups is 2. The van der Waals surface area contributed by atoms with Crippen LogP contribution in [-0.4, -0.2) is 39.6 Å². The molecule has 1 fully saturated rings. The molecule has 7 nitrogen and oxygen atoms in total. The van der Waals surface area contributed by atoms with Crippen LogP contribution in [0.15, 0.2) is 6.20 Å². The van der Waals surface area contributed by atoms with Crippen LogP contribution in [-0.2, 0) is 11.3 Å². The Balaban J connectivity index is 2.09.